The molecule has 2 aliphatic rings. The molecule has 34 heavy (non-hydrogen) atoms. The number of methoxy groups -OCH3 is 1. The van der Waals surface area contributed by atoms with Crippen LogP contribution >= 0.6 is 0 Å². The van der Waals surface area contributed by atoms with Crippen LogP contribution in [-0.2, 0) is 16.0 Å². The zero-order chi connectivity index (χ0) is 24.1. The summed E-state index contributed by atoms with van der Waals surface area (Å²) >= 11 is 0. The van der Waals surface area contributed by atoms with Gasteiger partial charge in [0.15, 0.2) is 5.82 Å². The van der Waals surface area contributed by atoms with Crippen LogP contribution in [0.3, 0.4) is 0 Å². The Hall–Kier alpha value is -3.14. The van der Waals surface area contributed by atoms with Gasteiger partial charge >= 0.3 is 6.09 Å². The van der Waals surface area contributed by atoms with Gasteiger partial charge < -0.3 is 25.2 Å². The van der Waals surface area contributed by atoms with Crippen LogP contribution in [-0.4, -0.2) is 57.1 Å². The van der Waals surface area contributed by atoms with Crippen LogP contribution in [0.1, 0.15) is 69.0 Å². The molecule has 10 nitrogen and oxygen atoms in total. The van der Waals surface area contributed by atoms with Crippen LogP contribution in [0.5, 0.6) is 5.88 Å². The number of nitrogens with zero attached hydrogens (tertiary/aromatic N) is 2. The summed E-state index contributed by atoms with van der Waals surface area (Å²) in [6, 6.07) is 5.39. The Balaban J connectivity index is 1.22. The van der Waals surface area contributed by atoms with Crippen LogP contribution in [0.15, 0.2) is 24.4 Å². The third kappa shape index (κ3) is 6.47. The van der Waals surface area contributed by atoms with Gasteiger partial charge in [-0.1, -0.05) is 0 Å². The van der Waals surface area contributed by atoms with Crippen LogP contribution in [0.2, 0.25) is 0 Å². The minimum atomic E-state index is -0.629. The quantitative estimate of drug-likeness (QED) is 0.487. The van der Waals surface area contributed by atoms with Crippen molar-refractivity contribution >= 4 is 17.8 Å². The molecule has 2 atom stereocenters. The normalized spacial score (nSPS) is 26.6. The molecule has 4 rings (SSSR count). The Morgan fingerprint density at radius 2 is 2.03 bits per heavy atom. The number of amides is 2. The maximum Gasteiger partial charge on any atom is 0.407 e. The maximum atomic E-state index is 12.4. The van der Waals surface area contributed by atoms with Crippen molar-refractivity contribution in [2.45, 2.75) is 82.0 Å². The van der Waals surface area contributed by atoms with Crippen molar-refractivity contribution in [1.29, 1.82) is 0 Å². The first kappa shape index (κ1) is 24.0. The summed E-state index contributed by atoms with van der Waals surface area (Å²) in [5.74, 6) is 0.937. The van der Waals surface area contributed by atoms with E-state index in [-0.39, 0.29) is 36.5 Å². The summed E-state index contributed by atoms with van der Waals surface area (Å²) in [6.45, 7) is 1.84. The summed E-state index contributed by atoms with van der Waals surface area (Å²) in [7, 11) is 1.53. The summed E-state index contributed by atoms with van der Waals surface area (Å²) in [4.78, 5) is 28.7. The predicted molar refractivity (Wildman–Crippen MR) is 125 cm³/mol. The lowest BCUT2D eigenvalue weighted by Gasteiger charge is -2.33. The maximum absolute atomic E-state index is 12.4. The topological polar surface area (TPSA) is 138 Å². The average molecular weight is 472 g/mol. The average Bonchev–Trinajstić information content (AvgIpc) is 3.45. The number of anilines is 1. The molecular weight excluding hydrogens is 438 g/mol. The van der Waals surface area contributed by atoms with Crippen molar-refractivity contribution in [2.75, 3.05) is 12.4 Å². The molecule has 2 fully saturated rings. The van der Waals surface area contributed by atoms with Crippen LogP contribution in [0, 0.1) is 0 Å². The number of hydrogen-bond donors (Lipinski definition) is 4. The molecule has 0 saturated heterocycles. The molecule has 2 saturated carbocycles. The Bertz CT molecular complexity index is 997. The number of aliphatic hydroxyl groups is 1. The van der Waals surface area contributed by atoms with Gasteiger partial charge in [0.05, 0.1) is 19.1 Å². The van der Waals surface area contributed by atoms with E-state index in [4.69, 9.17) is 9.47 Å². The van der Waals surface area contributed by atoms with Crippen molar-refractivity contribution in [3.63, 3.8) is 0 Å². The molecule has 2 aromatic rings. The first-order valence-corrected chi connectivity index (χ1v) is 11.8. The molecule has 2 aliphatic carbocycles. The molecule has 0 spiro atoms. The number of aromatic nitrogens is 3. The van der Waals surface area contributed by atoms with Gasteiger partial charge in [0, 0.05) is 36.0 Å². The van der Waals surface area contributed by atoms with Gasteiger partial charge in [0.1, 0.15) is 6.10 Å². The molecule has 10 heteroatoms. The molecule has 4 N–H and O–H groups in total. The molecule has 0 radical (unpaired) electrons. The molecule has 2 heterocycles. The van der Waals surface area contributed by atoms with Crippen molar-refractivity contribution in [1.82, 2.24) is 20.5 Å². The number of alkyl carbamates (subject to hydrolysis) is 1. The first-order valence-electron chi connectivity index (χ1n) is 11.8. The van der Waals surface area contributed by atoms with E-state index in [9.17, 15) is 14.7 Å². The second-order valence-corrected chi connectivity index (χ2v) is 9.59. The van der Waals surface area contributed by atoms with Gasteiger partial charge in [-0.25, -0.2) is 9.78 Å². The van der Waals surface area contributed by atoms with E-state index in [2.05, 4.69) is 25.8 Å². The highest BCUT2D eigenvalue weighted by molar-refractivity contribution is 5.91. The number of rotatable bonds is 7. The highest BCUT2D eigenvalue weighted by Crippen LogP contribution is 2.36. The first-order chi connectivity index (χ1) is 16.3. The van der Waals surface area contributed by atoms with Gasteiger partial charge in [-0.2, -0.15) is 5.10 Å². The van der Waals surface area contributed by atoms with Crippen LogP contribution in [0.4, 0.5) is 10.6 Å². The Morgan fingerprint density at radius 3 is 2.79 bits per heavy atom. The second-order valence-electron chi connectivity index (χ2n) is 9.59. The Morgan fingerprint density at radius 1 is 1.24 bits per heavy atom. The van der Waals surface area contributed by atoms with Crippen molar-refractivity contribution in [2.24, 2.45) is 0 Å². The highest BCUT2D eigenvalue weighted by atomic mass is 16.6. The van der Waals surface area contributed by atoms with Crippen LogP contribution in [0.25, 0.3) is 0 Å². The zero-order valence-corrected chi connectivity index (χ0v) is 19.7. The number of hydrogen-bond acceptors (Lipinski definition) is 7. The fourth-order valence-corrected chi connectivity index (χ4v) is 4.72. The number of ether oxygens (including phenoxy) is 2. The van der Waals surface area contributed by atoms with Gasteiger partial charge in [-0.3, -0.25) is 9.89 Å². The largest absolute Gasteiger partial charge is 0.481 e. The van der Waals surface area contributed by atoms with Gasteiger partial charge in [-0.15, -0.1) is 0 Å². The van der Waals surface area contributed by atoms with E-state index in [1.54, 1.807) is 18.3 Å². The van der Waals surface area contributed by atoms with Crippen LogP contribution < -0.4 is 15.4 Å². The number of pyridine rings is 1. The van der Waals surface area contributed by atoms with E-state index in [0.717, 1.165) is 36.9 Å². The van der Waals surface area contributed by atoms with Gasteiger partial charge in [-0.05, 0) is 63.5 Å². The van der Waals surface area contributed by atoms with Gasteiger partial charge in [0.25, 0.3) is 0 Å². The van der Waals surface area contributed by atoms with E-state index in [1.165, 1.54) is 7.11 Å². The Labute approximate surface area is 198 Å². The lowest BCUT2D eigenvalue weighted by atomic mass is 9.84. The fourth-order valence-electron chi connectivity index (χ4n) is 4.72. The van der Waals surface area contributed by atoms with E-state index >= 15 is 0 Å². The smallest absolute Gasteiger partial charge is 0.407 e. The van der Waals surface area contributed by atoms with Crippen molar-refractivity contribution in [3.8, 4) is 5.88 Å². The number of carbonyl (C=O) groups is 2. The molecule has 0 aliphatic heterocycles. The summed E-state index contributed by atoms with van der Waals surface area (Å²) in [6.07, 6.45) is 6.48. The monoisotopic (exact) mass is 471 g/mol. The number of aromatic amines is 1. The van der Waals surface area contributed by atoms with Crippen molar-refractivity contribution in [3.05, 3.63) is 35.7 Å². The highest BCUT2D eigenvalue weighted by Gasteiger charge is 2.32. The Kier molecular flexibility index (Phi) is 7.35. The van der Waals surface area contributed by atoms with E-state index < -0.39 is 5.60 Å². The second kappa shape index (κ2) is 10.4. The molecule has 2 amide bonds. The summed E-state index contributed by atoms with van der Waals surface area (Å²) in [5.41, 5.74) is 1.09. The lowest BCUT2D eigenvalue weighted by Crippen LogP contribution is -2.43. The minimum Gasteiger partial charge on any atom is -0.481 e. The SMILES string of the molecule is COc1cc(CC(=O)Nc2cc([C@@H]3CCC(OC(=O)N[C@H]4CC[C@@](C)(O)CC4)C3)[nH]n2)ccn1. The number of nitrogens with one attached hydrogen (secondary N) is 3. The van der Waals surface area contributed by atoms with E-state index in [1.807, 2.05) is 13.0 Å². The molecular formula is C24H33N5O5. The molecule has 1 unspecified atom stereocenters. The fraction of sp³-hybridized carbons (Fsp3) is 0.583. The summed E-state index contributed by atoms with van der Waals surface area (Å²) in [5, 5.41) is 23.0. The molecule has 184 valence electrons. The van der Waals surface area contributed by atoms with Crippen molar-refractivity contribution < 1.29 is 24.2 Å². The third-order valence-electron chi connectivity index (χ3n) is 6.72. The third-order valence-corrected chi connectivity index (χ3v) is 6.72. The standard InChI is InChI=1S/C24H33N5O5/c1-24(32)8-5-17(6-9-24)26-23(31)34-18-4-3-16(13-18)19-14-20(29-28-19)27-21(30)11-15-7-10-25-22(12-15)33-2/h7,10,12,14,16-18,32H,3-6,8-9,11,13H2,1-2H3,(H,26,31)(H2,27,28,29,30)/t16-,17-,18?,24+/m1/s1. The van der Waals surface area contributed by atoms with E-state index in [0.29, 0.717) is 31.0 Å². The van der Waals surface area contributed by atoms with Gasteiger partial charge in [0.2, 0.25) is 11.8 Å². The summed E-state index contributed by atoms with van der Waals surface area (Å²) < 4.78 is 10.7. The molecule has 0 aromatic carbocycles. The minimum absolute atomic E-state index is 0.0527. The molecule has 0 bridgehead atoms. The number of H-pyrrole nitrogens is 1. The lowest BCUT2D eigenvalue weighted by molar-refractivity contribution is -0.115. The zero-order valence-electron chi connectivity index (χ0n) is 19.7. The number of carbonyl (C=O) groups excluding carboxylic acids is 2. The molecule has 2 aromatic heterocycles. The predicted octanol–water partition coefficient (Wildman–Crippen LogP) is 3.05.